The smallest absolute Gasteiger partial charge is 0.336 e. The molecule has 3 saturated heterocycles. The standard InChI is InChI=1S/C22H36N6O4S.C6H8O7/c1-5-7-17-19-20(27(4)25-17)22(29)24-21(23-19)16-14-15(8-9-18(16)32-6-2)33(30,31)28-12-10-26(3)11-13-28;7-3(8)1-6(13,5(11)12)2-4(9)10/h8-9,14,17,19-21,23,25H,5-7,10-13H2,1-4H3,(H,24,29);13H,1-2H2,(H,7,8)(H,9,10)(H,11,12). The number of carbonyl (C=O) groups is 4. The Hall–Kier alpha value is -3.39. The second-order valence-electron chi connectivity index (χ2n) is 11.5. The largest absolute Gasteiger partial charge is 0.493 e. The molecule has 1 amide bonds. The Balaban J connectivity index is 0.000000376. The zero-order valence-electron chi connectivity index (χ0n) is 26.3. The third kappa shape index (κ3) is 8.69. The van der Waals surface area contributed by atoms with E-state index in [1.54, 1.807) is 18.2 Å². The minimum Gasteiger partial charge on any atom is -0.493 e. The first-order valence-electron chi connectivity index (χ1n) is 14.9. The number of likely N-dealkylation sites (N-methyl/N-ethyl adjacent to an activating group) is 2. The molecule has 3 heterocycles. The molecule has 3 fully saturated rings. The number of rotatable bonds is 12. The first-order chi connectivity index (χ1) is 21.5. The summed E-state index contributed by atoms with van der Waals surface area (Å²) in [6, 6.07) is 4.64. The topological polar surface area (TPSA) is 238 Å². The number of ether oxygens (including phenoxy) is 1. The lowest BCUT2D eigenvalue weighted by atomic mass is 9.94. The number of fused-ring (bicyclic) bond motifs is 1. The maximum Gasteiger partial charge on any atom is 0.336 e. The summed E-state index contributed by atoms with van der Waals surface area (Å²) in [7, 11) is 0.222. The number of hydrogen-bond acceptors (Lipinski definition) is 12. The van der Waals surface area contributed by atoms with Gasteiger partial charge in [0, 0.05) is 44.8 Å². The van der Waals surface area contributed by atoms with Gasteiger partial charge in [-0.15, -0.1) is 0 Å². The molecule has 1 aromatic carbocycles. The Morgan fingerprint density at radius 1 is 1.02 bits per heavy atom. The Kier molecular flexibility index (Phi) is 12.5. The monoisotopic (exact) mass is 672 g/mol. The average Bonchev–Trinajstić information content (AvgIpc) is 3.28. The summed E-state index contributed by atoms with van der Waals surface area (Å²) in [4.78, 5) is 45.9. The van der Waals surface area contributed by atoms with Gasteiger partial charge < -0.3 is 35.4 Å². The van der Waals surface area contributed by atoms with Crippen LogP contribution in [0.3, 0.4) is 0 Å². The minimum absolute atomic E-state index is 0.0906. The number of carboxylic acids is 3. The van der Waals surface area contributed by atoms with Crippen LogP contribution in [0, 0.1) is 0 Å². The molecule has 258 valence electrons. The van der Waals surface area contributed by atoms with Crippen LogP contribution in [-0.4, -0.2) is 137 Å². The molecule has 4 rings (SSSR count). The summed E-state index contributed by atoms with van der Waals surface area (Å²) >= 11 is 0. The van der Waals surface area contributed by atoms with Gasteiger partial charge in [-0.05, 0) is 38.6 Å². The highest BCUT2D eigenvalue weighted by molar-refractivity contribution is 7.89. The Labute approximate surface area is 267 Å². The summed E-state index contributed by atoms with van der Waals surface area (Å²) in [6.45, 7) is 6.76. The summed E-state index contributed by atoms with van der Waals surface area (Å²) in [5, 5.41) is 42.3. The maximum absolute atomic E-state index is 13.4. The van der Waals surface area contributed by atoms with E-state index in [1.807, 2.05) is 26.0 Å². The lowest BCUT2D eigenvalue weighted by Gasteiger charge is -2.37. The van der Waals surface area contributed by atoms with Gasteiger partial charge >= 0.3 is 17.9 Å². The zero-order chi connectivity index (χ0) is 34.4. The van der Waals surface area contributed by atoms with Crippen LogP contribution in [0.4, 0.5) is 0 Å². The van der Waals surface area contributed by atoms with Crippen molar-refractivity contribution < 1.29 is 52.8 Å². The van der Waals surface area contributed by atoms with E-state index in [9.17, 15) is 27.6 Å². The Bertz CT molecular complexity index is 1370. The molecule has 1 aromatic rings. The highest BCUT2D eigenvalue weighted by Gasteiger charge is 2.48. The molecule has 7 N–H and O–H groups in total. The predicted molar refractivity (Wildman–Crippen MR) is 162 cm³/mol. The van der Waals surface area contributed by atoms with Gasteiger partial charge in [-0.2, -0.15) is 4.31 Å². The van der Waals surface area contributed by atoms with Gasteiger partial charge in [0.05, 0.1) is 30.4 Å². The van der Waals surface area contributed by atoms with E-state index in [-0.39, 0.29) is 28.9 Å². The lowest BCUT2D eigenvalue weighted by molar-refractivity contribution is -0.170. The average molecular weight is 673 g/mol. The molecule has 0 bridgehead atoms. The number of aliphatic carboxylic acids is 3. The van der Waals surface area contributed by atoms with Crippen LogP contribution in [0.1, 0.15) is 51.3 Å². The quantitative estimate of drug-likeness (QED) is 0.139. The number of hydrazine groups is 1. The number of carboxylic acid groups (broad SMARTS) is 3. The van der Waals surface area contributed by atoms with E-state index in [0.717, 1.165) is 12.8 Å². The normalized spacial score (nSPS) is 24.3. The van der Waals surface area contributed by atoms with Crippen molar-refractivity contribution in [3.8, 4) is 5.75 Å². The van der Waals surface area contributed by atoms with Crippen molar-refractivity contribution in [3.63, 3.8) is 0 Å². The summed E-state index contributed by atoms with van der Waals surface area (Å²) in [5.41, 5.74) is 1.28. The number of piperazine rings is 1. The van der Waals surface area contributed by atoms with Gasteiger partial charge in [-0.25, -0.2) is 23.6 Å². The van der Waals surface area contributed by atoms with Crippen LogP contribution in [0.5, 0.6) is 5.75 Å². The molecular formula is C28H44N6O11S. The molecular weight excluding hydrogens is 628 g/mol. The van der Waals surface area contributed by atoms with Crippen molar-refractivity contribution in [3.05, 3.63) is 23.8 Å². The molecule has 4 unspecified atom stereocenters. The molecule has 0 aromatic heterocycles. The Morgan fingerprint density at radius 2 is 1.63 bits per heavy atom. The van der Waals surface area contributed by atoms with Crippen molar-refractivity contribution in [1.29, 1.82) is 0 Å². The maximum atomic E-state index is 13.4. The fourth-order valence-electron chi connectivity index (χ4n) is 5.70. The summed E-state index contributed by atoms with van der Waals surface area (Å²) < 4.78 is 34.1. The van der Waals surface area contributed by atoms with E-state index in [2.05, 4.69) is 27.9 Å². The number of sulfonamides is 1. The first kappa shape index (κ1) is 37.1. The number of carbonyl (C=O) groups excluding carboxylic acids is 1. The van der Waals surface area contributed by atoms with Gasteiger partial charge in [-0.1, -0.05) is 13.3 Å². The first-order valence-corrected chi connectivity index (χ1v) is 16.4. The van der Waals surface area contributed by atoms with Crippen LogP contribution in [0.2, 0.25) is 0 Å². The third-order valence-electron chi connectivity index (χ3n) is 8.05. The van der Waals surface area contributed by atoms with Gasteiger partial charge in [0.25, 0.3) is 0 Å². The number of benzene rings is 1. The number of aliphatic hydroxyl groups is 1. The second-order valence-corrected chi connectivity index (χ2v) is 13.5. The molecule has 0 aliphatic carbocycles. The summed E-state index contributed by atoms with van der Waals surface area (Å²) in [6.07, 6.45) is -0.917. The van der Waals surface area contributed by atoms with E-state index < -0.39 is 52.5 Å². The number of nitrogens with one attached hydrogen (secondary N) is 3. The highest BCUT2D eigenvalue weighted by atomic mass is 32.2. The molecule has 0 radical (unpaired) electrons. The van der Waals surface area contributed by atoms with Crippen LogP contribution in [-0.2, 0) is 29.2 Å². The van der Waals surface area contributed by atoms with E-state index in [1.165, 1.54) is 4.31 Å². The van der Waals surface area contributed by atoms with Crippen molar-refractivity contribution >= 4 is 33.8 Å². The fourth-order valence-corrected chi connectivity index (χ4v) is 7.16. The van der Waals surface area contributed by atoms with Gasteiger partial charge in [-0.3, -0.25) is 19.7 Å². The predicted octanol–water partition coefficient (Wildman–Crippen LogP) is -1.15. The van der Waals surface area contributed by atoms with Crippen LogP contribution >= 0.6 is 0 Å². The van der Waals surface area contributed by atoms with E-state index in [4.69, 9.17) is 25.2 Å². The number of amides is 1. The molecule has 0 saturated carbocycles. The van der Waals surface area contributed by atoms with Gasteiger partial charge in [0.1, 0.15) is 18.0 Å². The minimum atomic E-state index is -3.65. The van der Waals surface area contributed by atoms with Crippen LogP contribution < -0.4 is 20.8 Å². The van der Waals surface area contributed by atoms with Gasteiger partial charge in [0.15, 0.2) is 5.60 Å². The molecule has 18 heteroatoms. The zero-order valence-corrected chi connectivity index (χ0v) is 27.1. The molecule has 3 aliphatic heterocycles. The second kappa shape index (κ2) is 15.5. The van der Waals surface area contributed by atoms with Gasteiger partial charge in [0.2, 0.25) is 15.9 Å². The lowest BCUT2D eigenvalue weighted by Crippen LogP contribution is -2.62. The van der Waals surface area contributed by atoms with Crippen molar-refractivity contribution in [2.24, 2.45) is 0 Å². The van der Waals surface area contributed by atoms with Crippen molar-refractivity contribution in [2.45, 2.75) is 74.3 Å². The van der Waals surface area contributed by atoms with Crippen molar-refractivity contribution in [2.75, 3.05) is 46.9 Å². The number of nitrogens with zero attached hydrogens (tertiary/aromatic N) is 3. The third-order valence-corrected chi connectivity index (χ3v) is 9.95. The Morgan fingerprint density at radius 3 is 2.15 bits per heavy atom. The van der Waals surface area contributed by atoms with Crippen molar-refractivity contribution in [1.82, 2.24) is 30.3 Å². The molecule has 46 heavy (non-hydrogen) atoms. The van der Waals surface area contributed by atoms with Crippen LogP contribution in [0.15, 0.2) is 23.1 Å². The number of hydrogen-bond donors (Lipinski definition) is 7. The molecule has 0 spiro atoms. The SMILES string of the molecule is CCCC1NN(C)C2C(=O)NC(c3cc(S(=O)(=O)N4CCN(C)CC4)ccc3OCC)NC12.O=C(O)CC(O)(CC(=O)O)C(=O)O. The molecule has 3 aliphatic rings. The molecule has 17 nitrogen and oxygen atoms in total. The van der Waals surface area contributed by atoms with Crippen LogP contribution in [0.25, 0.3) is 0 Å². The highest BCUT2D eigenvalue weighted by Crippen LogP contribution is 2.33. The fraction of sp³-hybridized carbons (Fsp3) is 0.643. The van der Waals surface area contributed by atoms with E-state index in [0.29, 0.717) is 44.1 Å². The summed E-state index contributed by atoms with van der Waals surface area (Å²) in [5.74, 6) is -4.54. The van der Waals surface area contributed by atoms with E-state index >= 15 is 0 Å². The molecule has 4 atom stereocenters.